The molecule has 2 N–H and O–H groups in total. The third kappa shape index (κ3) is 2.82. The van der Waals surface area contributed by atoms with Crippen LogP contribution in [0.2, 0.25) is 0 Å². The quantitative estimate of drug-likeness (QED) is 0.579. The van der Waals surface area contributed by atoms with Gasteiger partial charge in [-0.05, 0) is 25.7 Å². The van der Waals surface area contributed by atoms with E-state index in [2.05, 4.69) is 13.8 Å². The number of nitrogens with two attached hydrogens (primary N) is 1. The summed E-state index contributed by atoms with van der Waals surface area (Å²) in [5.74, 6) is 0.896. The molecule has 0 aromatic rings. The summed E-state index contributed by atoms with van der Waals surface area (Å²) in [7, 11) is 0. The third-order valence-corrected chi connectivity index (χ3v) is 2.94. The zero-order valence-corrected chi connectivity index (χ0v) is 7.90. The first-order valence-electron chi connectivity index (χ1n) is 4.93. The Balaban J connectivity index is 2.47. The molecule has 1 rings (SSSR count). The molecular formula is C10H21N. The van der Waals surface area contributed by atoms with Crippen LogP contribution in [0.15, 0.2) is 0 Å². The van der Waals surface area contributed by atoms with Gasteiger partial charge < -0.3 is 5.73 Å². The minimum atomic E-state index is 0.136. The van der Waals surface area contributed by atoms with Gasteiger partial charge in [-0.15, -0.1) is 0 Å². The molecule has 1 heteroatoms. The van der Waals surface area contributed by atoms with Gasteiger partial charge >= 0.3 is 0 Å². The Labute approximate surface area is 70.4 Å². The van der Waals surface area contributed by atoms with Crippen molar-refractivity contribution in [3.63, 3.8) is 0 Å². The highest BCUT2D eigenvalue weighted by Crippen LogP contribution is 2.30. The van der Waals surface area contributed by atoms with Crippen molar-refractivity contribution in [2.75, 3.05) is 0 Å². The molecule has 0 radical (unpaired) electrons. The normalized spacial score (nSPS) is 40.1. The highest BCUT2D eigenvalue weighted by Gasteiger charge is 2.25. The molecular weight excluding hydrogens is 134 g/mol. The van der Waals surface area contributed by atoms with E-state index in [-0.39, 0.29) is 5.54 Å². The molecule has 0 heterocycles. The Morgan fingerprint density at radius 1 is 1.45 bits per heavy atom. The molecule has 0 amide bonds. The average Bonchev–Trinajstić information content (AvgIpc) is 2.10. The second-order valence-electron chi connectivity index (χ2n) is 4.38. The summed E-state index contributed by atoms with van der Waals surface area (Å²) in [4.78, 5) is 0. The lowest BCUT2D eigenvalue weighted by molar-refractivity contribution is 0.336. The SMILES string of the molecule is CCC1CCCCC(C)(N)C1. The average molecular weight is 155 g/mol. The van der Waals surface area contributed by atoms with Crippen LogP contribution >= 0.6 is 0 Å². The van der Waals surface area contributed by atoms with Gasteiger partial charge in [-0.3, -0.25) is 0 Å². The minimum absolute atomic E-state index is 0.136. The van der Waals surface area contributed by atoms with E-state index < -0.39 is 0 Å². The fraction of sp³-hybridized carbons (Fsp3) is 1.00. The smallest absolute Gasteiger partial charge is 0.0128 e. The molecule has 0 aliphatic heterocycles. The van der Waals surface area contributed by atoms with Gasteiger partial charge in [-0.1, -0.05) is 32.6 Å². The maximum Gasteiger partial charge on any atom is 0.0128 e. The van der Waals surface area contributed by atoms with Gasteiger partial charge in [0.1, 0.15) is 0 Å². The predicted molar refractivity (Wildman–Crippen MR) is 49.5 cm³/mol. The molecule has 1 nitrogen and oxygen atoms in total. The van der Waals surface area contributed by atoms with Crippen LogP contribution in [0.4, 0.5) is 0 Å². The molecule has 0 bridgehead atoms. The zero-order chi connectivity index (χ0) is 8.32. The zero-order valence-electron chi connectivity index (χ0n) is 7.90. The fourth-order valence-corrected chi connectivity index (χ4v) is 2.17. The molecule has 2 atom stereocenters. The Morgan fingerprint density at radius 3 is 2.82 bits per heavy atom. The van der Waals surface area contributed by atoms with Gasteiger partial charge in [-0.25, -0.2) is 0 Å². The topological polar surface area (TPSA) is 26.0 Å². The van der Waals surface area contributed by atoms with E-state index in [1.807, 2.05) is 0 Å². The first-order chi connectivity index (χ1) is 5.14. The molecule has 0 aromatic carbocycles. The molecule has 2 unspecified atom stereocenters. The van der Waals surface area contributed by atoms with Crippen LogP contribution in [0.1, 0.15) is 52.4 Å². The summed E-state index contributed by atoms with van der Waals surface area (Å²) >= 11 is 0. The molecule has 0 saturated heterocycles. The second-order valence-corrected chi connectivity index (χ2v) is 4.38. The number of rotatable bonds is 1. The molecule has 1 aliphatic carbocycles. The summed E-state index contributed by atoms with van der Waals surface area (Å²) in [5.41, 5.74) is 6.28. The van der Waals surface area contributed by atoms with Crippen LogP contribution < -0.4 is 5.73 Å². The Hall–Kier alpha value is -0.0400. The van der Waals surface area contributed by atoms with E-state index in [1.165, 1.54) is 38.5 Å². The highest BCUT2D eigenvalue weighted by atomic mass is 14.7. The van der Waals surface area contributed by atoms with Gasteiger partial charge in [-0.2, -0.15) is 0 Å². The fourth-order valence-electron chi connectivity index (χ4n) is 2.17. The van der Waals surface area contributed by atoms with Gasteiger partial charge in [0.25, 0.3) is 0 Å². The van der Waals surface area contributed by atoms with E-state index in [0.717, 1.165) is 5.92 Å². The summed E-state index contributed by atoms with van der Waals surface area (Å²) in [6, 6.07) is 0. The van der Waals surface area contributed by atoms with Crippen LogP contribution in [0.3, 0.4) is 0 Å². The van der Waals surface area contributed by atoms with Crippen molar-refractivity contribution in [1.82, 2.24) is 0 Å². The van der Waals surface area contributed by atoms with Crippen LogP contribution in [0, 0.1) is 5.92 Å². The van der Waals surface area contributed by atoms with Crippen molar-refractivity contribution in [3.8, 4) is 0 Å². The summed E-state index contributed by atoms with van der Waals surface area (Å²) < 4.78 is 0. The van der Waals surface area contributed by atoms with E-state index in [1.54, 1.807) is 0 Å². The van der Waals surface area contributed by atoms with E-state index in [4.69, 9.17) is 5.73 Å². The molecule has 1 aliphatic rings. The first kappa shape index (κ1) is 9.05. The van der Waals surface area contributed by atoms with Crippen LogP contribution in [0.25, 0.3) is 0 Å². The van der Waals surface area contributed by atoms with Gasteiger partial charge in [0.2, 0.25) is 0 Å². The van der Waals surface area contributed by atoms with Crippen LogP contribution in [-0.2, 0) is 0 Å². The largest absolute Gasteiger partial charge is 0.325 e. The standard InChI is InChI=1S/C10H21N/c1-3-9-6-4-5-7-10(2,11)8-9/h9H,3-8,11H2,1-2H3. The molecule has 11 heavy (non-hydrogen) atoms. The Bertz CT molecular complexity index is 118. The molecule has 1 saturated carbocycles. The molecule has 1 fully saturated rings. The van der Waals surface area contributed by atoms with Gasteiger partial charge in [0, 0.05) is 5.54 Å². The van der Waals surface area contributed by atoms with E-state index >= 15 is 0 Å². The number of hydrogen-bond acceptors (Lipinski definition) is 1. The maximum atomic E-state index is 6.14. The lowest BCUT2D eigenvalue weighted by Gasteiger charge is -2.25. The predicted octanol–water partition coefficient (Wildman–Crippen LogP) is 2.69. The van der Waals surface area contributed by atoms with E-state index in [0.29, 0.717) is 0 Å². The summed E-state index contributed by atoms with van der Waals surface area (Å²) in [5, 5.41) is 0. The monoisotopic (exact) mass is 155 g/mol. The Kier molecular flexibility index (Phi) is 2.94. The lowest BCUT2D eigenvalue weighted by Crippen LogP contribution is -2.36. The number of hydrogen-bond donors (Lipinski definition) is 1. The van der Waals surface area contributed by atoms with Crippen molar-refractivity contribution < 1.29 is 0 Å². The minimum Gasteiger partial charge on any atom is -0.325 e. The van der Waals surface area contributed by atoms with Crippen LogP contribution in [0.5, 0.6) is 0 Å². The van der Waals surface area contributed by atoms with Crippen molar-refractivity contribution in [3.05, 3.63) is 0 Å². The molecule has 0 spiro atoms. The Morgan fingerprint density at radius 2 is 2.18 bits per heavy atom. The van der Waals surface area contributed by atoms with Gasteiger partial charge in [0.15, 0.2) is 0 Å². The summed E-state index contributed by atoms with van der Waals surface area (Å²) in [6.45, 7) is 4.49. The molecule has 66 valence electrons. The maximum absolute atomic E-state index is 6.14. The highest BCUT2D eigenvalue weighted by molar-refractivity contribution is 4.84. The third-order valence-electron chi connectivity index (χ3n) is 2.94. The van der Waals surface area contributed by atoms with Crippen molar-refractivity contribution in [2.45, 2.75) is 57.9 Å². The summed E-state index contributed by atoms with van der Waals surface area (Å²) in [6.07, 6.45) is 7.91. The molecule has 0 aromatic heterocycles. The second kappa shape index (κ2) is 3.57. The lowest BCUT2D eigenvalue weighted by atomic mass is 9.87. The van der Waals surface area contributed by atoms with Crippen LogP contribution in [-0.4, -0.2) is 5.54 Å². The van der Waals surface area contributed by atoms with Crippen molar-refractivity contribution >= 4 is 0 Å². The van der Waals surface area contributed by atoms with Crippen molar-refractivity contribution in [2.24, 2.45) is 11.7 Å². The van der Waals surface area contributed by atoms with Crippen molar-refractivity contribution in [1.29, 1.82) is 0 Å². The first-order valence-corrected chi connectivity index (χ1v) is 4.93. The van der Waals surface area contributed by atoms with Gasteiger partial charge in [0.05, 0.1) is 0 Å². The van der Waals surface area contributed by atoms with E-state index in [9.17, 15) is 0 Å².